The van der Waals surface area contributed by atoms with Crippen LogP contribution in [0.5, 0.6) is 0 Å². The molecule has 1 saturated heterocycles. The van der Waals surface area contributed by atoms with Crippen molar-refractivity contribution in [3.05, 3.63) is 9.93 Å². The number of rotatable bonds is 6. The van der Waals surface area contributed by atoms with Gasteiger partial charge in [0, 0.05) is 30.6 Å². The molecule has 6 nitrogen and oxygen atoms in total. The zero-order valence-corrected chi connectivity index (χ0v) is 12.0. The number of ether oxygens (including phenoxy) is 1. The van der Waals surface area contributed by atoms with Crippen LogP contribution in [0.2, 0.25) is 0 Å². The fourth-order valence-corrected chi connectivity index (χ4v) is 3.95. The van der Waals surface area contributed by atoms with Gasteiger partial charge in [-0.15, -0.1) is 0 Å². The van der Waals surface area contributed by atoms with Gasteiger partial charge in [0.1, 0.15) is 0 Å². The van der Waals surface area contributed by atoms with Gasteiger partial charge in [0.2, 0.25) is 0 Å². The highest BCUT2D eigenvalue weighted by Gasteiger charge is 2.41. The second kappa shape index (κ2) is 9.75. The molecular weight excluding hydrogens is 259 g/mol. The van der Waals surface area contributed by atoms with Crippen molar-refractivity contribution in [3.8, 4) is 0 Å². The van der Waals surface area contributed by atoms with E-state index in [1.807, 2.05) is 13.8 Å². The minimum atomic E-state index is -0.499. The summed E-state index contributed by atoms with van der Waals surface area (Å²) in [6.45, 7) is 6.62. The smallest absolute Gasteiger partial charge is 0.0868 e. The molecule has 7 heteroatoms. The van der Waals surface area contributed by atoms with Crippen molar-refractivity contribution in [2.24, 2.45) is 5.92 Å². The molecule has 0 saturated carbocycles. The first-order valence-corrected chi connectivity index (χ1v) is 7.75. The van der Waals surface area contributed by atoms with E-state index in [-0.39, 0.29) is 24.7 Å². The zero-order chi connectivity index (χ0) is 14.1. The Bertz CT molecular complexity index is 218. The van der Waals surface area contributed by atoms with E-state index in [2.05, 4.69) is 6.92 Å². The van der Waals surface area contributed by atoms with Crippen LogP contribution >= 0.6 is 8.15 Å². The number of aliphatic hydroxyl groups is 2. The number of hydrogen-bond donors (Lipinski definition) is 2. The normalized spacial score (nSPS) is 32.7. The van der Waals surface area contributed by atoms with E-state index >= 15 is 0 Å². The maximum atomic E-state index is 9.99. The quantitative estimate of drug-likeness (QED) is 0.712. The molecule has 1 fully saturated rings. The third kappa shape index (κ3) is 4.86. The van der Waals surface area contributed by atoms with Crippen LogP contribution in [-0.2, 0) is 9.26 Å². The van der Waals surface area contributed by atoms with E-state index < -0.39 is 14.3 Å². The number of aliphatic hydroxyl groups excluding tert-OH is 2. The first-order chi connectivity index (χ1) is 8.63. The van der Waals surface area contributed by atoms with Gasteiger partial charge in [-0.1, -0.05) is 6.92 Å². The maximum Gasteiger partial charge on any atom is 0.0868 e. The molecule has 0 radical (unpaired) electrons. The molecular formula is C11H23O6P. The Balaban J connectivity index is 0.00000137. The molecule has 1 aliphatic heterocycles. The summed E-state index contributed by atoms with van der Waals surface area (Å²) in [6.07, 6.45) is 0.906. The first-order valence-electron chi connectivity index (χ1n) is 6.12. The van der Waals surface area contributed by atoms with E-state index in [1.54, 1.807) is 0 Å². The van der Waals surface area contributed by atoms with Gasteiger partial charge in [0.15, 0.2) is 0 Å². The average molecular weight is 282 g/mol. The highest BCUT2D eigenvalue weighted by atomic mass is 31.1. The Hall–Kier alpha value is -0.130. The molecule has 1 aliphatic rings. The number of hydrogen-bond acceptors (Lipinski definition) is 6. The largest absolute Gasteiger partial charge is 0.394 e. The molecule has 0 aromatic carbocycles. The lowest BCUT2D eigenvalue weighted by Gasteiger charge is -2.23. The van der Waals surface area contributed by atoms with Crippen molar-refractivity contribution in [1.82, 2.24) is 0 Å². The van der Waals surface area contributed by atoms with Crippen LogP contribution in [-0.4, -0.2) is 54.1 Å². The predicted molar refractivity (Wildman–Crippen MR) is 71.6 cm³/mol. The van der Waals surface area contributed by atoms with Crippen LogP contribution in [0.25, 0.3) is 0 Å². The summed E-state index contributed by atoms with van der Waals surface area (Å²) in [5, 5.41) is 19.2. The van der Waals surface area contributed by atoms with Gasteiger partial charge in [0.25, 0.3) is 0 Å². The van der Waals surface area contributed by atoms with Crippen LogP contribution in [0.3, 0.4) is 0 Å². The molecule has 0 aliphatic carbocycles. The summed E-state index contributed by atoms with van der Waals surface area (Å²) >= 11 is 0. The SMILES string of the molecule is CCOP(CC)C[C@@H]1C(O)[C@H](C)O[C@@H]1CO.O=O. The Morgan fingerprint density at radius 3 is 2.39 bits per heavy atom. The molecule has 0 amide bonds. The van der Waals surface area contributed by atoms with Crippen molar-refractivity contribution < 1.29 is 19.5 Å². The molecule has 18 heavy (non-hydrogen) atoms. The third-order valence-electron chi connectivity index (χ3n) is 3.05. The first kappa shape index (κ1) is 17.9. The summed E-state index contributed by atoms with van der Waals surface area (Å²) in [6, 6.07) is 0. The van der Waals surface area contributed by atoms with Crippen molar-refractivity contribution >= 4 is 8.15 Å². The van der Waals surface area contributed by atoms with Gasteiger partial charge in [-0.25, -0.2) is 0 Å². The molecule has 0 bridgehead atoms. The lowest BCUT2D eigenvalue weighted by molar-refractivity contribution is -0.00165. The molecule has 2 unspecified atom stereocenters. The van der Waals surface area contributed by atoms with Gasteiger partial charge in [-0.2, -0.15) is 0 Å². The van der Waals surface area contributed by atoms with Crippen LogP contribution in [0.1, 0.15) is 20.8 Å². The highest BCUT2D eigenvalue weighted by Crippen LogP contribution is 2.42. The third-order valence-corrected chi connectivity index (χ3v) is 5.20. The molecule has 0 spiro atoms. The Kier molecular flexibility index (Phi) is 9.68. The van der Waals surface area contributed by atoms with E-state index in [4.69, 9.17) is 19.2 Å². The lowest BCUT2D eigenvalue weighted by atomic mass is 9.99. The van der Waals surface area contributed by atoms with Crippen LogP contribution < -0.4 is 0 Å². The summed E-state index contributed by atoms with van der Waals surface area (Å²) < 4.78 is 11.2. The summed E-state index contributed by atoms with van der Waals surface area (Å²) in [4.78, 5) is 14.0. The summed E-state index contributed by atoms with van der Waals surface area (Å²) in [7, 11) is -0.499. The standard InChI is InChI=1S/C11H23O4P.O2/c1-4-14-16(5-2)7-9-10(6-12)15-8(3)11(9)13;1-2/h8-13H,4-7H2,1-3H3;/t8-,9-,10+,11?,16?;/m0./s1. The maximum absolute atomic E-state index is 9.99. The van der Waals surface area contributed by atoms with Gasteiger partial charge in [-0.3, -0.25) is 0 Å². The van der Waals surface area contributed by atoms with Crippen molar-refractivity contribution in [2.45, 2.75) is 39.1 Å². The Morgan fingerprint density at radius 2 is 1.94 bits per heavy atom. The minimum absolute atomic E-state index is 0.0117. The Morgan fingerprint density at radius 1 is 1.33 bits per heavy atom. The van der Waals surface area contributed by atoms with Crippen LogP contribution in [0, 0.1) is 15.8 Å². The van der Waals surface area contributed by atoms with Gasteiger partial charge < -0.3 is 19.5 Å². The molecule has 0 aromatic rings. The van der Waals surface area contributed by atoms with E-state index in [0.717, 1.165) is 12.3 Å². The average Bonchev–Trinajstić information content (AvgIpc) is 2.68. The van der Waals surface area contributed by atoms with Gasteiger partial charge in [-0.05, 0) is 26.2 Å². The van der Waals surface area contributed by atoms with Crippen molar-refractivity contribution in [3.63, 3.8) is 0 Å². The van der Waals surface area contributed by atoms with E-state index in [9.17, 15) is 10.2 Å². The second-order valence-corrected chi connectivity index (χ2v) is 6.33. The minimum Gasteiger partial charge on any atom is -0.394 e. The van der Waals surface area contributed by atoms with Gasteiger partial charge in [0.05, 0.1) is 24.9 Å². The highest BCUT2D eigenvalue weighted by molar-refractivity contribution is 7.52. The van der Waals surface area contributed by atoms with Gasteiger partial charge >= 0.3 is 0 Å². The molecule has 0 aromatic heterocycles. The lowest BCUT2D eigenvalue weighted by Crippen LogP contribution is -2.30. The molecule has 108 valence electrons. The second-order valence-electron chi connectivity index (χ2n) is 4.12. The molecule has 1 rings (SSSR count). The fourth-order valence-electron chi connectivity index (χ4n) is 2.12. The zero-order valence-electron chi connectivity index (χ0n) is 11.1. The van der Waals surface area contributed by atoms with E-state index in [1.165, 1.54) is 0 Å². The Labute approximate surface area is 109 Å². The van der Waals surface area contributed by atoms with E-state index in [0.29, 0.717) is 6.61 Å². The summed E-state index contributed by atoms with van der Waals surface area (Å²) in [5.74, 6) is 0.0117. The summed E-state index contributed by atoms with van der Waals surface area (Å²) in [5.41, 5.74) is 0. The molecule has 2 N–H and O–H groups in total. The predicted octanol–water partition coefficient (Wildman–Crippen LogP) is 1.26. The van der Waals surface area contributed by atoms with Crippen LogP contribution in [0.4, 0.5) is 0 Å². The van der Waals surface area contributed by atoms with Crippen LogP contribution in [0.15, 0.2) is 0 Å². The fraction of sp³-hybridized carbons (Fsp3) is 1.00. The molecule has 1 heterocycles. The van der Waals surface area contributed by atoms with Crippen molar-refractivity contribution in [1.29, 1.82) is 0 Å². The van der Waals surface area contributed by atoms with Crippen molar-refractivity contribution in [2.75, 3.05) is 25.5 Å². The molecule has 5 atom stereocenters. The topological polar surface area (TPSA) is 93.1 Å². The monoisotopic (exact) mass is 282 g/mol.